The van der Waals surface area contributed by atoms with Gasteiger partial charge in [0.15, 0.2) is 5.70 Å². The maximum atomic E-state index is 12.3. The number of ether oxygens (including phenoxy) is 2. The Labute approximate surface area is 166 Å². The first-order chi connectivity index (χ1) is 13.7. The Morgan fingerprint density at radius 2 is 1.86 bits per heavy atom. The van der Waals surface area contributed by atoms with Crippen molar-refractivity contribution in [2.45, 2.75) is 46.0 Å². The smallest absolute Gasteiger partial charge is 0.363 e. The van der Waals surface area contributed by atoms with Gasteiger partial charge in [-0.1, -0.05) is 68.5 Å². The number of cyclic esters (lactones) is 1. The lowest BCUT2D eigenvalue weighted by Gasteiger charge is -2.09. The molecule has 0 saturated heterocycles. The van der Waals surface area contributed by atoms with Crippen LogP contribution in [0.2, 0.25) is 0 Å². The van der Waals surface area contributed by atoms with Crippen LogP contribution in [-0.4, -0.2) is 18.5 Å². The van der Waals surface area contributed by atoms with Gasteiger partial charge in [-0.05, 0) is 37.6 Å². The maximum absolute atomic E-state index is 12.3. The molecule has 0 unspecified atom stereocenters. The van der Waals surface area contributed by atoms with E-state index in [1.807, 2.05) is 55.5 Å². The largest absolute Gasteiger partial charge is 0.493 e. The number of para-hydroxylation sites is 1. The Kier molecular flexibility index (Phi) is 7.01. The fraction of sp³-hybridized carbons (Fsp3) is 0.333. The number of benzene rings is 2. The van der Waals surface area contributed by atoms with Crippen molar-refractivity contribution in [2.75, 3.05) is 6.61 Å². The molecule has 0 bridgehead atoms. The average Bonchev–Trinajstić information content (AvgIpc) is 3.06. The number of esters is 1. The number of unbranched alkanes of at least 4 members (excludes halogenated alkanes) is 4. The molecule has 1 aliphatic rings. The lowest BCUT2D eigenvalue weighted by molar-refractivity contribution is -0.129. The van der Waals surface area contributed by atoms with E-state index < -0.39 is 5.97 Å². The van der Waals surface area contributed by atoms with E-state index >= 15 is 0 Å². The van der Waals surface area contributed by atoms with Gasteiger partial charge in [0.2, 0.25) is 5.90 Å². The molecular weight excluding hydrogens is 350 g/mol. The van der Waals surface area contributed by atoms with Crippen LogP contribution in [0.5, 0.6) is 5.75 Å². The van der Waals surface area contributed by atoms with Crippen molar-refractivity contribution in [3.05, 3.63) is 70.9 Å². The summed E-state index contributed by atoms with van der Waals surface area (Å²) in [5, 5.41) is 0. The van der Waals surface area contributed by atoms with Crippen LogP contribution < -0.4 is 4.74 Å². The van der Waals surface area contributed by atoms with E-state index in [0.29, 0.717) is 12.5 Å². The minimum absolute atomic E-state index is 0.288. The van der Waals surface area contributed by atoms with E-state index in [0.717, 1.165) is 28.9 Å². The Balaban J connectivity index is 1.71. The summed E-state index contributed by atoms with van der Waals surface area (Å²) in [5.41, 5.74) is 3.01. The number of rotatable bonds is 9. The SMILES string of the molecule is CCCCCCCOc1ccccc1/C=C1\N=C(c2cccc(C)c2)OC1=O. The second-order valence-electron chi connectivity index (χ2n) is 7.01. The average molecular weight is 377 g/mol. The number of aryl methyl sites for hydroxylation is 1. The van der Waals surface area contributed by atoms with Gasteiger partial charge in [0.25, 0.3) is 0 Å². The molecule has 2 aromatic carbocycles. The van der Waals surface area contributed by atoms with Gasteiger partial charge >= 0.3 is 5.97 Å². The van der Waals surface area contributed by atoms with Crippen molar-refractivity contribution < 1.29 is 14.3 Å². The van der Waals surface area contributed by atoms with Gasteiger partial charge in [0.05, 0.1) is 6.61 Å². The molecule has 3 rings (SSSR count). The fourth-order valence-electron chi connectivity index (χ4n) is 3.08. The summed E-state index contributed by atoms with van der Waals surface area (Å²) < 4.78 is 11.3. The van der Waals surface area contributed by atoms with Crippen LogP contribution in [0.1, 0.15) is 55.7 Å². The summed E-state index contributed by atoms with van der Waals surface area (Å²) >= 11 is 0. The van der Waals surface area contributed by atoms with Crippen molar-refractivity contribution in [3.8, 4) is 5.75 Å². The van der Waals surface area contributed by atoms with Gasteiger partial charge in [-0.2, -0.15) is 0 Å². The highest BCUT2D eigenvalue weighted by atomic mass is 16.6. The van der Waals surface area contributed by atoms with Crippen LogP contribution >= 0.6 is 0 Å². The van der Waals surface area contributed by atoms with Gasteiger partial charge in [-0.25, -0.2) is 9.79 Å². The van der Waals surface area contributed by atoms with E-state index in [2.05, 4.69) is 11.9 Å². The third kappa shape index (κ3) is 5.32. The molecule has 0 aliphatic carbocycles. The normalized spacial score (nSPS) is 14.9. The van der Waals surface area contributed by atoms with Gasteiger partial charge in [0.1, 0.15) is 5.75 Å². The second-order valence-corrected chi connectivity index (χ2v) is 7.01. The molecule has 0 N–H and O–H groups in total. The first-order valence-corrected chi connectivity index (χ1v) is 9.99. The third-order valence-electron chi connectivity index (χ3n) is 4.60. The van der Waals surface area contributed by atoms with Crippen molar-refractivity contribution in [1.82, 2.24) is 0 Å². The summed E-state index contributed by atoms with van der Waals surface area (Å²) in [6.45, 7) is 4.88. The molecule has 2 aromatic rings. The highest BCUT2D eigenvalue weighted by molar-refractivity contribution is 6.13. The molecule has 1 heterocycles. The number of nitrogens with zero attached hydrogens (tertiary/aromatic N) is 1. The molecule has 146 valence electrons. The first-order valence-electron chi connectivity index (χ1n) is 9.99. The van der Waals surface area contributed by atoms with Crippen molar-refractivity contribution >= 4 is 17.9 Å². The van der Waals surface area contributed by atoms with E-state index in [1.165, 1.54) is 25.7 Å². The summed E-state index contributed by atoms with van der Waals surface area (Å²) in [6.07, 6.45) is 7.69. The van der Waals surface area contributed by atoms with E-state index in [1.54, 1.807) is 6.08 Å². The highest BCUT2D eigenvalue weighted by Crippen LogP contribution is 2.25. The molecule has 4 heteroatoms. The zero-order valence-electron chi connectivity index (χ0n) is 16.6. The van der Waals surface area contributed by atoms with Crippen LogP contribution in [0.15, 0.2) is 59.2 Å². The van der Waals surface area contributed by atoms with E-state index in [4.69, 9.17) is 9.47 Å². The Morgan fingerprint density at radius 1 is 1.04 bits per heavy atom. The maximum Gasteiger partial charge on any atom is 0.363 e. The van der Waals surface area contributed by atoms with E-state index in [9.17, 15) is 4.79 Å². The lowest BCUT2D eigenvalue weighted by Crippen LogP contribution is -2.05. The fourth-order valence-corrected chi connectivity index (χ4v) is 3.08. The lowest BCUT2D eigenvalue weighted by atomic mass is 10.1. The molecule has 0 saturated carbocycles. The molecule has 0 radical (unpaired) electrons. The third-order valence-corrected chi connectivity index (χ3v) is 4.60. The molecule has 0 aromatic heterocycles. The number of carbonyl (C=O) groups excluding carboxylic acids is 1. The minimum Gasteiger partial charge on any atom is -0.493 e. The molecule has 0 fully saturated rings. The molecule has 1 aliphatic heterocycles. The summed E-state index contributed by atoms with van der Waals surface area (Å²) in [6, 6.07) is 15.5. The standard InChI is InChI=1S/C24H27NO3/c1-3-4-5-6-9-15-27-22-14-8-7-12-19(22)17-21-24(26)28-23(25-21)20-13-10-11-18(2)16-20/h7-8,10-14,16-17H,3-6,9,15H2,1-2H3/b21-17-. The predicted octanol–water partition coefficient (Wildman–Crippen LogP) is 5.69. The van der Waals surface area contributed by atoms with Gasteiger partial charge < -0.3 is 9.47 Å². The van der Waals surface area contributed by atoms with Crippen LogP contribution in [0.4, 0.5) is 0 Å². The van der Waals surface area contributed by atoms with Gasteiger partial charge in [-0.3, -0.25) is 0 Å². The Bertz CT molecular complexity index is 883. The zero-order chi connectivity index (χ0) is 19.8. The number of hydrogen-bond donors (Lipinski definition) is 0. The van der Waals surface area contributed by atoms with Gasteiger partial charge in [0, 0.05) is 11.1 Å². The van der Waals surface area contributed by atoms with Crippen molar-refractivity contribution in [2.24, 2.45) is 4.99 Å². The predicted molar refractivity (Wildman–Crippen MR) is 112 cm³/mol. The summed E-state index contributed by atoms with van der Waals surface area (Å²) in [7, 11) is 0. The quantitative estimate of drug-likeness (QED) is 0.320. The monoisotopic (exact) mass is 377 g/mol. The summed E-state index contributed by atoms with van der Waals surface area (Å²) in [4.78, 5) is 16.7. The van der Waals surface area contributed by atoms with Crippen LogP contribution in [-0.2, 0) is 9.53 Å². The molecule has 28 heavy (non-hydrogen) atoms. The van der Waals surface area contributed by atoms with Crippen molar-refractivity contribution in [1.29, 1.82) is 0 Å². The number of hydrogen-bond acceptors (Lipinski definition) is 4. The number of aliphatic imine (C=N–C) groups is 1. The molecule has 0 amide bonds. The Morgan fingerprint density at radius 3 is 2.68 bits per heavy atom. The topological polar surface area (TPSA) is 47.9 Å². The van der Waals surface area contributed by atoms with Crippen LogP contribution in [0, 0.1) is 6.92 Å². The van der Waals surface area contributed by atoms with E-state index in [-0.39, 0.29) is 5.70 Å². The van der Waals surface area contributed by atoms with Gasteiger partial charge in [-0.15, -0.1) is 0 Å². The number of carbonyl (C=O) groups is 1. The first kappa shape index (κ1) is 19.9. The summed E-state index contributed by atoms with van der Waals surface area (Å²) in [5.74, 6) is 0.664. The highest BCUT2D eigenvalue weighted by Gasteiger charge is 2.24. The second kappa shape index (κ2) is 9.88. The Hall–Kier alpha value is -2.88. The van der Waals surface area contributed by atoms with Crippen LogP contribution in [0.3, 0.4) is 0 Å². The van der Waals surface area contributed by atoms with Crippen LogP contribution in [0.25, 0.3) is 6.08 Å². The molecule has 0 spiro atoms. The molecule has 0 atom stereocenters. The van der Waals surface area contributed by atoms with Crippen molar-refractivity contribution in [3.63, 3.8) is 0 Å². The molecule has 4 nitrogen and oxygen atoms in total. The minimum atomic E-state index is -0.439. The zero-order valence-corrected chi connectivity index (χ0v) is 16.6. The molecular formula is C24H27NO3.